The van der Waals surface area contributed by atoms with Crippen molar-refractivity contribution in [1.29, 1.82) is 0 Å². The van der Waals surface area contributed by atoms with Gasteiger partial charge in [-0.1, -0.05) is 38.6 Å². The molecule has 0 spiro atoms. The maximum absolute atomic E-state index is 13.1. The molecule has 0 aliphatic rings. The number of rotatable bonds is 22. The lowest BCUT2D eigenvalue weighted by Crippen LogP contribution is -2.46. The van der Waals surface area contributed by atoms with Crippen molar-refractivity contribution in [2.75, 3.05) is 52.9 Å². The third kappa shape index (κ3) is 15.5. The molecule has 1 heterocycles. The number of pyridine rings is 1. The minimum Gasteiger partial charge on any atom is -0.462 e. The number of esters is 1. The third-order valence-corrected chi connectivity index (χ3v) is 8.05. The summed E-state index contributed by atoms with van der Waals surface area (Å²) in [6, 6.07) is 5.07. The normalized spacial score (nSPS) is 14.7. The number of nitrogen functional groups attached to an aromatic ring is 1. The molecule has 0 aliphatic heterocycles. The summed E-state index contributed by atoms with van der Waals surface area (Å²) in [5, 5.41) is 15.8. The van der Waals surface area contributed by atoms with E-state index in [0.29, 0.717) is 17.2 Å². The van der Waals surface area contributed by atoms with Crippen molar-refractivity contribution in [3.05, 3.63) is 35.9 Å². The van der Waals surface area contributed by atoms with Crippen molar-refractivity contribution in [2.24, 2.45) is 22.0 Å². The van der Waals surface area contributed by atoms with Crippen molar-refractivity contribution < 1.29 is 33.8 Å². The van der Waals surface area contributed by atoms with E-state index in [2.05, 4.69) is 21.7 Å². The Morgan fingerprint density at radius 1 is 1.21 bits per heavy atom. The van der Waals surface area contributed by atoms with Gasteiger partial charge in [0.2, 0.25) is 5.91 Å². The second-order valence-corrected chi connectivity index (χ2v) is 13.2. The van der Waals surface area contributed by atoms with Gasteiger partial charge in [0.1, 0.15) is 29.5 Å². The van der Waals surface area contributed by atoms with Crippen LogP contribution >= 0.6 is 11.8 Å². The van der Waals surface area contributed by atoms with Crippen LogP contribution in [0.4, 0.5) is 5.82 Å². The van der Waals surface area contributed by atoms with Gasteiger partial charge in [-0.25, -0.2) is 9.98 Å². The Morgan fingerprint density at radius 2 is 1.89 bits per heavy atom. The Hall–Kier alpha value is -3.17. The van der Waals surface area contributed by atoms with Crippen LogP contribution in [0.1, 0.15) is 72.4 Å². The van der Waals surface area contributed by atoms with Crippen LogP contribution in [-0.2, 0) is 28.7 Å². The number of ether oxygens (including phenoxy) is 2. The average molecular weight is 679 g/mol. The summed E-state index contributed by atoms with van der Waals surface area (Å²) >= 11 is 1.45. The SMILES string of the molecule is C=CSC(c1cccc(N)n1)N(C)CO/N=C(\COC)CN(CCC(=O)C(C)C(=O)OCC(C)(C)O)[C@@H](C)C(=NC(=O)CC)C(C)C. The van der Waals surface area contributed by atoms with E-state index in [9.17, 15) is 19.5 Å². The lowest BCUT2D eigenvalue weighted by molar-refractivity contribution is -0.156. The number of aromatic nitrogens is 1. The number of amides is 1. The van der Waals surface area contributed by atoms with Crippen molar-refractivity contribution in [3.8, 4) is 0 Å². The second kappa shape index (κ2) is 20.9. The van der Waals surface area contributed by atoms with Crippen LogP contribution in [0.15, 0.2) is 40.3 Å². The molecule has 1 rings (SSSR count). The molecule has 0 aliphatic carbocycles. The molecule has 14 heteroatoms. The molecule has 13 nitrogen and oxygen atoms in total. The number of anilines is 1. The van der Waals surface area contributed by atoms with Gasteiger partial charge in [0, 0.05) is 44.8 Å². The number of hydrogen-bond acceptors (Lipinski definition) is 13. The molecule has 47 heavy (non-hydrogen) atoms. The predicted octanol–water partition coefficient (Wildman–Crippen LogP) is 4.08. The molecule has 1 aromatic heterocycles. The topological polar surface area (TPSA) is 169 Å². The lowest BCUT2D eigenvalue weighted by atomic mass is 9.98. The molecule has 3 atom stereocenters. The molecular formula is C33H54N6O7S. The quantitative estimate of drug-likeness (QED) is 0.0593. The van der Waals surface area contributed by atoms with Gasteiger partial charge in [0.05, 0.1) is 23.6 Å². The fraction of sp³-hybridized carbons (Fsp3) is 0.636. The Morgan fingerprint density at radius 3 is 2.45 bits per heavy atom. The molecule has 0 radical (unpaired) electrons. The van der Waals surface area contributed by atoms with Crippen LogP contribution in [0.3, 0.4) is 0 Å². The van der Waals surface area contributed by atoms with Gasteiger partial charge in [-0.2, -0.15) is 0 Å². The van der Waals surface area contributed by atoms with E-state index >= 15 is 0 Å². The van der Waals surface area contributed by atoms with Gasteiger partial charge in [0.15, 0.2) is 6.73 Å². The number of ketones is 1. The van der Waals surface area contributed by atoms with Crippen LogP contribution in [0.5, 0.6) is 0 Å². The monoisotopic (exact) mass is 678 g/mol. The number of aliphatic imine (C=N–C) groups is 1. The van der Waals surface area contributed by atoms with Crippen LogP contribution in [-0.4, -0.2) is 108 Å². The number of aliphatic hydroxyl groups is 1. The molecule has 0 aromatic carbocycles. The van der Waals surface area contributed by atoms with E-state index in [1.807, 2.05) is 49.8 Å². The van der Waals surface area contributed by atoms with E-state index in [1.165, 1.54) is 32.5 Å². The first-order valence-electron chi connectivity index (χ1n) is 15.7. The number of carbonyl (C=O) groups is 3. The molecule has 0 fully saturated rings. The number of carbonyl (C=O) groups excluding carboxylic acids is 3. The molecule has 264 valence electrons. The summed E-state index contributed by atoms with van der Waals surface area (Å²) in [4.78, 5) is 56.4. The first-order valence-corrected chi connectivity index (χ1v) is 16.6. The zero-order valence-electron chi connectivity index (χ0n) is 29.4. The molecule has 3 N–H and O–H groups in total. The van der Waals surface area contributed by atoms with Gasteiger partial charge >= 0.3 is 5.97 Å². The van der Waals surface area contributed by atoms with E-state index < -0.39 is 17.5 Å². The zero-order valence-corrected chi connectivity index (χ0v) is 30.2. The molecule has 0 saturated carbocycles. The summed E-state index contributed by atoms with van der Waals surface area (Å²) in [7, 11) is 3.41. The Kier molecular flexibility index (Phi) is 18.6. The number of hydrogen-bond donors (Lipinski definition) is 2. The summed E-state index contributed by atoms with van der Waals surface area (Å²) in [6.07, 6.45) is 0.285. The summed E-state index contributed by atoms with van der Waals surface area (Å²) < 4.78 is 10.6. The fourth-order valence-electron chi connectivity index (χ4n) is 4.38. The number of thioether (sulfide) groups is 1. The molecule has 2 unspecified atom stereocenters. The van der Waals surface area contributed by atoms with Crippen molar-refractivity contribution in [1.82, 2.24) is 14.8 Å². The summed E-state index contributed by atoms with van der Waals surface area (Å²) in [5.41, 5.74) is 6.64. The van der Waals surface area contributed by atoms with Gasteiger partial charge in [-0.15, -0.1) is 11.8 Å². The number of Topliss-reactive ketones (excluding diaryl/α,β-unsaturated/α-hetero) is 1. The maximum atomic E-state index is 13.1. The van der Waals surface area contributed by atoms with Crippen molar-refractivity contribution in [3.63, 3.8) is 0 Å². The molecule has 1 amide bonds. The van der Waals surface area contributed by atoms with E-state index in [-0.39, 0.29) is 74.9 Å². The van der Waals surface area contributed by atoms with E-state index in [4.69, 9.17) is 20.0 Å². The highest BCUT2D eigenvalue weighted by Crippen LogP contribution is 2.31. The molecular weight excluding hydrogens is 624 g/mol. The average Bonchev–Trinajstić information content (AvgIpc) is 3.01. The highest BCUT2D eigenvalue weighted by molar-refractivity contribution is 8.02. The van der Waals surface area contributed by atoms with Crippen LogP contribution in [0.25, 0.3) is 0 Å². The fourth-order valence-corrected chi connectivity index (χ4v) is 5.10. The summed E-state index contributed by atoms with van der Waals surface area (Å²) in [6.45, 7) is 16.4. The Bertz CT molecular complexity index is 1230. The highest BCUT2D eigenvalue weighted by atomic mass is 32.2. The van der Waals surface area contributed by atoms with Crippen LogP contribution < -0.4 is 5.73 Å². The second-order valence-electron chi connectivity index (χ2n) is 12.2. The van der Waals surface area contributed by atoms with Crippen molar-refractivity contribution >= 4 is 46.7 Å². The first-order chi connectivity index (χ1) is 22.0. The third-order valence-electron chi connectivity index (χ3n) is 7.00. The first kappa shape index (κ1) is 41.9. The van der Waals surface area contributed by atoms with Gasteiger partial charge in [-0.05, 0) is 58.2 Å². The maximum Gasteiger partial charge on any atom is 0.316 e. The van der Waals surface area contributed by atoms with Gasteiger partial charge < -0.3 is 25.2 Å². The number of methoxy groups -OCH3 is 1. The smallest absolute Gasteiger partial charge is 0.316 e. The standard InChI is InChI=1S/C33H54N6O7S/c1-11-29(41)36-30(22(3)4)24(6)39(17-16-27(40)23(5)32(42)45-20-33(7,8)43)18-25(19-44-10)37-46-21-38(9)31(47-12-2)26-14-13-15-28(34)35-26/h12-15,22-24,31,43H,2,11,16-21H2,1,3-10H3,(H2,34,35)/b36-30?,37-25-/t23?,24-,31?/m0/s1. The molecule has 0 bridgehead atoms. The Balaban J connectivity index is 3.23. The molecule has 0 saturated heterocycles. The number of nitrogens with two attached hydrogens (primary N) is 1. The van der Waals surface area contributed by atoms with Crippen LogP contribution in [0.2, 0.25) is 0 Å². The van der Waals surface area contributed by atoms with Gasteiger partial charge in [0.25, 0.3) is 0 Å². The zero-order chi connectivity index (χ0) is 35.7. The van der Waals surface area contributed by atoms with E-state index in [0.717, 1.165) is 5.69 Å². The largest absolute Gasteiger partial charge is 0.462 e. The van der Waals surface area contributed by atoms with E-state index in [1.54, 1.807) is 25.5 Å². The number of nitrogens with zero attached hydrogens (tertiary/aromatic N) is 5. The minimum absolute atomic E-state index is 0.0216. The highest BCUT2D eigenvalue weighted by Gasteiger charge is 2.29. The minimum atomic E-state index is -1.21. The predicted molar refractivity (Wildman–Crippen MR) is 187 cm³/mol. The summed E-state index contributed by atoms with van der Waals surface area (Å²) in [5.74, 6) is -1.92. The van der Waals surface area contributed by atoms with Crippen LogP contribution in [0, 0.1) is 11.8 Å². The lowest BCUT2D eigenvalue weighted by Gasteiger charge is -2.32. The number of oxime groups is 1. The Labute approximate surface area is 284 Å². The van der Waals surface area contributed by atoms with Crippen molar-refractivity contribution in [2.45, 2.75) is 78.3 Å². The van der Waals surface area contributed by atoms with Gasteiger partial charge in [-0.3, -0.25) is 24.2 Å². The molecule has 1 aromatic rings.